The van der Waals surface area contributed by atoms with Gasteiger partial charge in [0.15, 0.2) is 0 Å². The van der Waals surface area contributed by atoms with Gasteiger partial charge in [-0.2, -0.15) is 0 Å². The van der Waals surface area contributed by atoms with Crippen LogP contribution in [0.5, 0.6) is 0 Å². The van der Waals surface area contributed by atoms with E-state index in [2.05, 4.69) is 17.1 Å². The molecule has 1 aromatic heterocycles. The Morgan fingerprint density at radius 2 is 1.89 bits per heavy atom. The molecule has 2 aromatic rings. The summed E-state index contributed by atoms with van der Waals surface area (Å²) in [6.45, 7) is 0. The summed E-state index contributed by atoms with van der Waals surface area (Å²) in [5.41, 5.74) is 2.02. The second-order valence-electron chi connectivity index (χ2n) is 3.88. The van der Waals surface area contributed by atoms with Gasteiger partial charge in [0.05, 0.1) is 11.3 Å². The Morgan fingerprint density at radius 3 is 2.42 bits per heavy atom. The highest BCUT2D eigenvalue weighted by atomic mass is 32.2. The minimum atomic E-state index is -0.962. The van der Waals surface area contributed by atoms with Gasteiger partial charge in [0, 0.05) is 11.1 Å². The van der Waals surface area contributed by atoms with Crippen molar-refractivity contribution >= 4 is 29.9 Å². The van der Waals surface area contributed by atoms with Crippen LogP contribution in [0.15, 0.2) is 47.5 Å². The fraction of sp³-hybridized carbons (Fsp3) is 0.0667. The predicted octanol–water partition coefficient (Wildman–Crippen LogP) is 3.67. The molecule has 0 spiro atoms. The van der Waals surface area contributed by atoms with E-state index >= 15 is 0 Å². The maximum Gasteiger partial charge on any atom is 0.337 e. The number of carboxylic acids is 1. The van der Waals surface area contributed by atoms with Crippen LogP contribution in [-0.2, 0) is 0 Å². The van der Waals surface area contributed by atoms with Gasteiger partial charge in [-0.3, -0.25) is 4.98 Å². The van der Waals surface area contributed by atoms with Crippen molar-refractivity contribution in [2.45, 2.75) is 4.90 Å². The molecule has 0 bridgehead atoms. The fourth-order valence-corrected chi connectivity index (χ4v) is 1.94. The number of rotatable bonds is 4. The van der Waals surface area contributed by atoms with Crippen LogP contribution in [0.4, 0.5) is 0 Å². The number of carbonyl (C=O) groups is 1. The Labute approximate surface area is 116 Å². The summed E-state index contributed by atoms with van der Waals surface area (Å²) in [4.78, 5) is 16.0. The maximum absolute atomic E-state index is 10.7. The third-order valence-corrected chi connectivity index (χ3v) is 3.34. The normalized spacial score (nSPS) is 10.8. The Bertz CT molecular complexity index is 589. The number of aromatic carboxylic acids is 1. The first kappa shape index (κ1) is 13.4. The summed E-state index contributed by atoms with van der Waals surface area (Å²) in [6.07, 6.45) is 7.21. The van der Waals surface area contributed by atoms with Gasteiger partial charge >= 0.3 is 5.97 Å². The molecule has 0 saturated carbocycles. The van der Waals surface area contributed by atoms with Crippen molar-refractivity contribution in [3.63, 3.8) is 0 Å². The average Bonchev–Trinajstić information content (AvgIpc) is 2.46. The zero-order valence-electron chi connectivity index (χ0n) is 10.4. The van der Waals surface area contributed by atoms with Gasteiger partial charge in [0.25, 0.3) is 0 Å². The molecule has 19 heavy (non-hydrogen) atoms. The third kappa shape index (κ3) is 3.69. The first-order chi connectivity index (χ1) is 9.19. The SMILES string of the molecule is CSc1ccc(C=Cc2ccc(C(=O)O)cn2)cc1. The molecule has 3 nitrogen and oxygen atoms in total. The van der Waals surface area contributed by atoms with E-state index in [1.165, 1.54) is 11.1 Å². The second kappa shape index (κ2) is 6.20. The lowest BCUT2D eigenvalue weighted by Crippen LogP contribution is -1.96. The van der Waals surface area contributed by atoms with Crippen molar-refractivity contribution in [3.8, 4) is 0 Å². The zero-order chi connectivity index (χ0) is 13.7. The molecule has 1 N–H and O–H groups in total. The Hall–Kier alpha value is -2.07. The third-order valence-electron chi connectivity index (χ3n) is 2.60. The van der Waals surface area contributed by atoms with Crippen molar-refractivity contribution in [1.82, 2.24) is 4.98 Å². The van der Waals surface area contributed by atoms with Gasteiger partial charge in [-0.05, 0) is 42.2 Å². The van der Waals surface area contributed by atoms with Gasteiger partial charge in [0.1, 0.15) is 0 Å². The Kier molecular flexibility index (Phi) is 4.36. The van der Waals surface area contributed by atoms with Crippen LogP contribution in [0.1, 0.15) is 21.6 Å². The van der Waals surface area contributed by atoms with Crippen molar-refractivity contribution in [1.29, 1.82) is 0 Å². The van der Waals surface area contributed by atoms with Gasteiger partial charge < -0.3 is 5.11 Å². The molecular weight excluding hydrogens is 258 g/mol. The van der Waals surface area contributed by atoms with Crippen molar-refractivity contribution in [2.24, 2.45) is 0 Å². The maximum atomic E-state index is 10.7. The molecule has 96 valence electrons. The number of pyridine rings is 1. The average molecular weight is 271 g/mol. The number of hydrogen-bond acceptors (Lipinski definition) is 3. The lowest BCUT2D eigenvalue weighted by atomic mass is 10.2. The lowest BCUT2D eigenvalue weighted by Gasteiger charge is -1.98. The summed E-state index contributed by atoms with van der Waals surface area (Å²) < 4.78 is 0. The smallest absolute Gasteiger partial charge is 0.337 e. The molecule has 0 unspecified atom stereocenters. The standard InChI is InChI=1S/C15H13NO2S/c1-19-14-8-3-11(4-9-14)2-6-13-7-5-12(10-16-13)15(17)18/h2-10H,1H3,(H,17,18). The molecular formula is C15H13NO2S. The molecule has 1 heterocycles. The summed E-state index contributed by atoms with van der Waals surface area (Å²) in [5, 5.41) is 8.77. The molecule has 0 saturated heterocycles. The van der Waals surface area contributed by atoms with Gasteiger partial charge in [-0.15, -0.1) is 11.8 Å². The molecule has 0 radical (unpaired) electrons. The number of carboxylic acid groups (broad SMARTS) is 1. The summed E-state index contributed by atoms with van der Waals surface area (Å²) in [7, 11) is 0. The number of hydrogen-bond donors (Lipinski definition) is 1. The first-order valence-corrected chi connectivity index (χ1v) is 6.93. The zero-order valence-corrected chi connectivity index (χ0v) is 11.2. The Balaban J connectivity index is 2.10. The Morgan fingerprint density at radius 1 is 1.16 bits per heavy atom. The van der Waals surface area contributed by atoms with E-state index in [-0.39, 0.29) is 5.56 Å². The molecule has 0 aliphatic rings. The van der Waals surface area contributed by atoms with Gasteiger partial charge in [-0.25, -0.2) is 4.79 Å². The minimum Gasteiger partial charge on any atom is -0.478 e. The van der Waals surface area contributed by atoms with Crippen LogP contribution in [0.2, 0.25) is 0 Å². The van der Waals surface area contributed by atoms with Crippen LogP contribution in [0.3, 0.4) is 0 Å². The van der Waals surface area contributed by atoms with Crippen LogP contribution >= 0.6 is 11.8 Å². The number of aromatic nitrogens is 1. The molecule has 1 aromatic carbocycles. The highest BCUT2D eigenvalue weighted by molar-refractivity contribution is 7.98. The van der Waals surface area contributed by atoms with E-state index in [0.717, 1.165) is 11.3 Å². The van der Waals surface area contributed by atoms with E-state index in [1.54, 1.807) is 23.9 Å². The molecule has 0 aliphatic heterocycles. The highest BCUT2D eigenvalue weighted by Crippen LogP contribution is 2.16. The molecule has 0 aliphatic carbocycles. The first-order valence-electron chi connectivity index (χ1n) is 5.70. The monoisotopic (exact) mass is 271 g/mol. The molecule has 0 fully saturated rings. The van der Waals surface area contributed by atoms with Crippen LogP contribution in [0.25, 0.3) is 12.2 Å². The van der Waals surface area contributed by atoms with Crippen molar-refractivity contribution < 1.29 is 9.90 Å². The van der Waals surface area contributed by atoms with Gasteiger partial charge in [0.2, 0.25) is 0 Å². The summed E-state index contributed by atoms with van der Waals surface area (Å²) in [5.74, 6) is -0.962. The predicted molar refractivity (Wildman–Crippen MR) is 78.3 cm³/mol. The highest BCUT2D eigenvalue weighted by Gasteiger charge is 2.01. The van der Waals surface area contributed by atoms with Crippen molar-refractivity contribution in [2.75, 3.05) is 6.26 Å². The molecule has 4 heteroatoms. The number of thioether (sulfide) groups is 1. The van der Waals surface area contributed by atoms with Crippen LogP contribution in [-0.4, -0.2) is 22.3 Å². The van der Waals surface area contributed by atoms with E-state index in [0.29, 0.717) is 0 Å². The topological polar surface area (TPSA) is 50.2 Å². The largest absolute Gasteiger partial charge is 0.478 e. The summed E-state index contributed by atoms with van der Waals surface area (Å²) in [6, 6.07) is 11.4. The van der Waals surface area contributed by atoms with E-state index < -0.39 is 5.97 Å². The number of benzene rings is 1. The van der Waals surface area contributed by atoms with E-state index in [4.69, 9.17) is 5.11 Å². The minimum absolute atomic E-state index is 0.196. The quantitative estimate of drug-likeness (QED) is 0.862. The molecule has 2 rings (SSSR count). The molecule has 0 amide bonds. The fourth-order valence-electron chi connectivity index (χ4n) is 1.53. The van der Waals surface area contributed by atoms with Crippen LogP contribution < -0.4 is 0 Å². The van der Waals surface area contributed by atoms with Crippen molar-refractivity contribution in [3.05, 3.63) is 59.4 Å². The second-order valence-corrected chi connectivity index (χ2v) is 4.76. The van der Waals surface area contributed by atoms with E-state index in [1.807, 2.05) is 30.5 Å². The van der Waals surface area contributed by atoms with Crippen LogP contribution in [0, 0.1) is 0 Å². The van der Waals surface area contributed by atoms with Gasteiger partial charge in [-0.1, -0.05) is 18.2 Å². The summed E-state index contributed by atoms with van der Waals surface area (Å²) >= 11 is 1.70. The number of nitrogens with zero attached hydrogens (tertiary/aromatic N) is 1. The van der Waals surface area contributed by atoms with E-state index in [9.17, 15) is 4.79 Å². The lowest BCUT2D eigenvalue weighted by molar-refractivity contribution is 0.0696. The molecule has 0 atom stereocenters.